The van der Waals surface area contributed by atoms with Crippen LogP contribution in [0, 0.1) is 5.82 Å². The van der Waals surface area contributed by atoms with Crippen LogP contribution in [0.25, 0.3) is 0 Å². The average Bonchev–Trinajstić information content (AvgIpc) is 3.01. The summed E-state index contributed by atoms with van der Waals surface area (Å²) in [7, 11) is -3.36. The van der Waals surface area contributed by atoms with Gasteiger partial charge in [-0.05, 0) is 55.8 Å². The Labute approximate surface area is 156 Å². The molecule has 1 aliphatic rings. The molecule has 0 spiro atoms. The minimum Gasteiger partial charge on any atom is -0.451 e. The van der Waals surface area contributed by atoms with Gasteiger partial charge in [0.25, 0.3) is 0 Å². The van der Waals surface area contributed by atoms with Gasteiger partial charge in [0, 0.05) is 12.1 Å². The molecule has 2 aromatic carbocycles. The Morgan fingerprint density at radius 3 is 2.44 bits per heavy atom. The summed E-state index contributed by atoms with van der Waals surface area (Å²) in [6.07, 6.45) is -0.539. The standard InChI is InChI=1S/C19H18FNO5S/c1-13(18(22)14-6-8-16(20)9-7-14)26-19(23)15-4-2-5-17(12-15)21-10-3-11-27(21,24)25/h2,4-9,12-13H,3,10-11H2,1H3/t13-/m1/s1. The predicted molar refractivity (Wildman–Crippen MR) is 97.8 cm³/mol. The quantitative estimate of drug-likeness (QED) is 0.578. The molecule has 0 saturated carbocycles. The summed E-state index contributed by atoms with van der Waals surface area (Å²) in [4.78, 5) is 24.7. The molecule has 0 aromatic heterocycles. The van der Waals surface area contributed by atoms with E-state index in [1.54, 1.807) is 12.1 Å². The highest BCUT2D eigenvalue weighted by Crippen LogP contribution is 2.25. The zero-order valence-corrected chi connectivity index (χ0v) is 15.4. The Kier molecular flexibility index (Phi) is 5.27. The molecule has 1 saturated heterocycles. The molecule has 2 aromatic rings. The molecule has 1 atom stereocenters. The fourth-order valence-electron chi connectivity index (χ4n) is 2.85. The third-order valence-corrected chi connectivity index (χ3v) is 6.12. The summed E-state index contributed by atoms with van der Waals surface area (Å²) in [5.41, 5.74) is 0.765. The van der Waals surface area contributed by atoms with Gasteiger partial charge in [-0.2, -0.15) is 0 Å². The minimum absolute atomic E-state index is 0.0743. The van der Waals surface area contributed by atoms with E-state index >= 15 is 0 Å². The summed E-state index contributed by atoms with van der Waals surface area (Å²) in [5, 5.41) is 0. The highest BCUT2D eigenvalue weighted by Gasteiger charge is 2.29. The van der Waals surface area contributed by atoms with Crippen molar-refractivity contribution < 1.29 is 27.1 Å². The molecule has 0 amide bonds. The van der Waals surface area contributed by atoms with E-state index in [0.29, 0.717) is 18.7 Å². The molecule has 0 bridgehead atoms. The molecular formula is C19H18FNO5S. The van der Waals surface area contributed by atoms with Gasteiger partial charge in [-0.25, -0.2) is 17.6 Å². The molecule has 0 aliphatic carbocycles. The van der Waals surface area contributed by atoms with E-state index in [9.17, 15) is 22.4 Å². The summed E-state index contributed by atoms with van der Waals surface area (Å²) < 4.78 is 43.5. The zero-order valence-electron chi connectivity index (χ0n) is 14.6. The van der Waals surface area contributed by atoms with Crippen molar-refractivity contribution in [3.63, 3.8) is 0 Å². The number of sulfonamides is 1. The maximum absolute atomic E-state index is 13.0. The molecule has 6 nitrogen and oxygen atoms in total. The lowest BCUT2D eigenvalue weighted by Gasteiger charge is -2.18. The first-order chi connectivity index (χ1) is 12.8. The van der Waals surface area contributed by atoms with Crippen LogP contribution in [0.1, 0.15) is 34.1 Å². The van der Waals surface area contributed by atoms with E-state index in [1.165, 1.54) is 35.5 Å². The topological polar surface area (TPSA) is 80.8 Å². The molecule has 0 radical (unpaired) electrons. The van der Waals surface area contributed by atoms with Crippen molar-refractivity contribution in [1.29, 1.82) is 0 Å². The van der Waals surface area contributed by atoms with E-state index in [0.717, 1.165) is 12.1 Å². The first-order valence-electron chi connectivity index (χ1n) is 8.39. The summed E-state index contributed by atoms with van der Waals surface area (Å²) in [6, 6.07) is 11.0. The van der Waals surface area contributed by atoms with E-state index in [2.05, 4.69) is 0 Å². The van der Waals surface area contributed by atoms with Crippen LogP contribution in [0.5, 0.6) is 0 Å². The highest BCUT2D eigenvalue weighted by molar-refractivity contribution is 7.93. The molecule has 0 unspecified atom stereocenters. The smallest absolute Gasteiger partial charge is 0.338 e. The average molecular weight is 391 g/mol. The van der Waals surface area contributed by atoms with Gasteiger partial charge in [-0.3, -0.25) is 9.10 Å². The number of rotatable bonds is 5. The van der Waals surface area contributed by atoms with Crippen molar-refractivity contribution >= 4 is 27.5 Å². The lowest BCUT2D eigenvalue weighted by atomic mass is 10.1. The molecule has 142 valence electrons. The number of carbonyl (C=O) groups is 2. The second kappa shape index (κ2) is 7.48. The van der Waals surface area contributed by atoms with Crippen LogP contribution < -0.4 is 4.31 Å². The number of Topliss-reactive ketones (excluding diaryl/α,β-unsaturated/α-hetero) is 1. The lowest BCUT2D eigenvalue weighted by molar-refractivity contribution is 0.0319. The predicted octanol–water partition coefficient (Wildman–Crippen LogP) is 2.79. The van der Waals surface area contributed by atoms with Crippen molar-refractivity contribution in [2.75, 3.05) is 16.6 Å². The van der Waals surface area contributed by atoms with Crippen LogP contribution in [0.2, 0.25) is 0 Å². The Bertz CT molecular complexity index is 972. The van der Waals surface area contributed by atoms with Gasteiger partial charge < -0.3 is 4.74 Å². The number of anilines is 1. The number of nitrogens with zero attached hydrogens (tertiary/aromatic N) is 1. The van der Waals surface area contributed by atoms with Gasteiger partial charge >= 0.3 is 5.97 Å². The molecule has 1 aliphatic heterocycles. The van der Waals surface area contributed by atoms with Gasteiger partial charge in [0.05, 0.1) is 17.0 Å². The number of hydrogen-bond donors (Lipinski definition) is 0. The Hall–Kier alpha value is -2.74. The van der Waals surface area contributed by atoms with Crippen molar-refractivity contribution in [2.24, 2.45) is 0 Å². The van der Waals surface area contributed by atoms with Gasteiger partial charge in [-0.1, -0.05) is 6.07 Å². The number of ketones is 1. The minimum atomic E-state index is -3.36. The SMILES string of the molecule is C[C@@H](OC(=O)c1cccc(N2CCCS2(=O)=O)c1)C(=O)c1ccc(F)cc1. The largest absolute Gasteiger partial charge is 0.451 e. The Balaban J connectivity index is 1.73. The molecule has 0 N–H and O–H groups in total. The number of esters is 1. The number of ether oxygens (including phenoxy) is 1. The normalized spacial score (nSPS) is 16.7. The van der Waals surface area contributed by atoms with E-state index in [4.69, 9.17) is 4.74 Å². The fraction of sp³-hybridized carbons (Fsp3) is 0.263. The summed E-state index contributed by atoms with van der Waals surface area (Å²) in [6.45, 7) is 1.79. The summed E-state index contributed by atoms with van der Waals surface area (Å²) in [5.74, 6) is -1.59. The van der Waals surface area contributed by atoms with Crippen LogP contribution in [-0.4, -0.2) is 38.6 Å². The molecule has 27 heavy (non-hydrogen) atoms. The maximum atomic E-state index is 13.0. The first-order valence-corrected chi connectivity index (χ1v) is 10.00. The second-order valence-electron chi connectivity index (χ2n) is 6.21. The Morgan fingerprint density at radius 2 is 1.81 bits per heavy atom. The van der Waals surface area contributed by atoms with Crippen LogP contribution >= 0.6 is 0 Å². The van der Waals surface area contributed by atoms with Gasteiger partial charge in [0.15, 0.2) is 6.10 Å². The van der Waals surface area contributed by atoms with Crippen molar-refractivity contribution in [3.05, 3.63) is 65.5 Å². The highest BCUT2D eigenvalue weighted by atomic mass is 32.2. The summed E-state index contributed by atoms with van der Waals surface area (Å²) >= 11 is 0. The monoisotopic (exact) mass is 391 g/mol. The molecule has 1 fully saturated rings. The zero-order chi connectivity index (χ0) is 19.6. The molecular weight excluding hydrogens is 373 g/mol. The van der Waals surface area contributed by atoms with Gasteiger partial charge in [0.2, 0.25) is 15.8 Å². The van der Waals surface area contributed by atoms with E-state index in [-0.39, 0.29) is 16.9 Å². The number of halogens is 1. The van der Waals surface area contributed by atoms with Gasteiger partial charge in [-0.15, -0.1) is 0 Å². The molecule has 3 rings (SSSR count). The van der Waals surface area contributed by atoms with Crippen molar-refractivity contribution in [2.45, 2.75) is 19.4 Å². The maximum Gasteiger partial charge on any atom is 0.338 e. The number of hydrogen-bond acceptors (Lipinski definition) is 5. The van der Waals surface area contributed by atoms with Crippen LogP contribution in [0.15, 0.2) is 48.5 Å². The van der Waals surface area contributed by atoms with Crippen LogP contribution in [0.4, 0.5) is 10.1 Å². The molecule has 8 heteroatoms. The second-order valence-corrected chi connectivity index (χ2v) is 8.22. The van der Waals surface area contributed by atoms with Crippen LogP contribution in [0.3, 0.4) is 0 Å². The number of carbonyl (C=O) groups excluding carboxylic acids is 2. The molecule has 1 heterocycles. The van der Waals surface area contributed by atoms with E-state index in [1.807, 2.05) is 0 Å². The van der Waals surface area contributed by atoms with Crippen LogP contribution in [-0.2, 0) is 14.8 Å². The van der Waals surface area contributed by atoms with Gasteiger partial charge in [0.1, 0.15) is 5.82 Å². The Morgan fingerprint density at radius 1 is 1.11 bits per heavy atom. The third kappa shape index (κ3) is 4.16. The third-order valence-electron chi connectivity index (χ3n) is 4.25. The first kappa shape index (κ1) is 19.0. The van der Waals surface area contributed by atoms with Crippen molar-refractivity contribution in [1.82, 2.24) is 0 Å². The lowest BCUT2D eigenvalue weighted by Crippen LogP contribution is -2.26. The van der Waals surface area contributed by atoms with Crippen molar-refractivity contribution in [3.8, 4) is 0 Å². The number of benzene rings is 2. The fourth-order valence-corrected chi connectivity index (χ4v) is 4.40. The van der Waals surface area contributed by atoms with E-state index < -0.39 is 33.7 Å².